The number of likely N-dealkylation sites (tertiary alicyclic amines) is 1. The van der Waals surface area contributed by atoms with Gasteiger partial charge in [0.1, 0.15) is 5.56 Å². The molecular formula is C14H22N4O3. The van der Waals surface area contributed by atoms with E-state index in [2.05, 4.69) is 35.9 Å². The number of piperidine rings is 1. The molecule has 0 radical (unpaired) electrons. The van der Waals surface area contributed by atoms with Crippen molar-refractivity contribution in [3.63, 3.8) is 0 Å². The van der Waals surface area contributed by atoms with Crippen LogP contribution in [0.25, 0.3) is 0 Å². The van der Waals surface area contributed by atoms with E-state index in [9.17, 15) is 14.4 Å². The second-order valence-electron chi connectivity index (χ2n) is 5.82. The lowest BCUT2D eigenvalue weighted by atomic mass is 9.89. The fraction of sp³-hybridized carbons (Fsp3) is 0.643. The summed E-state index contributed by atoms with van der Waals surface area (Å²) < 4.78 is 0. The molecule has 1 atom stereocenters. The monoisotopic (exact) mass is 294 g/mol. The normalized spacial score (nSPS) is 18.0. The number of rotatable bonds is 3. The molecule has 21 heavy (non-hydrogen) atoms. The van der Waals surface area contributed by atoms with Crippen LogP contribution in [0.5, 0.6) is 0 Å². The maximum absolute atomic E-state index is 12.3. The van der Waals surface area contributed by atoms with Gasteiger partial charge in [-0.15, -0.1) is 0 Å². The molecule has 0 aliphatic carbocycles. The standard InChI is InChI=1S/C14H22N4O3/c1-9(17(2)3)10-4-6-18(7-5-10)13(20)11-8-15-14(21)16-12(11)19/h8-10H,4-7H2,1-3H3,(H2,15,16,19,21)/t9-/m0/s1. The molecule has 1 amide bonds. The first kappa shape index (κ1) is 15.5. The van der Waals surface area contributed by atoms with Crippen molar-refractivity contribution < 1.29 is 4.79 Å². The summed E-state index contributed by atoms with van der Waals surface area (Å²) in [7, 11) is 4.12. The molecule has 0 spiro atoms. The molecule has 7 nitrogen and oxygen atoms in total. The summed E-state index contributed by atoms with van der Waals surface area (Å²) in [5.41, 5.74) is -1.24. The van der Waals surface area contributed by atoms with Crippen LogP contribution in [0.15, 0.2) is 15.8 Å². The molecule has 1 aliphatic rings. The van der Waals surface area contributed by atoms with Gasteiger partial charge in [-0.05, 0) is 39.8 Å². The van der Waals surface area contributed by atoms with E-state index in [0.29, 0.717) is 25.0 Å². The molecule has 2 rings (SSSR count). The second-order valence-corrected chi connectivity index (χ2v) is 5.82. The number of H-pyrrole nitrogens is 2. The Kier molecular flexibility index (Phi) is 4.62. The zero-order valence-electron chi connectivity index (χ0n) is 12.7. The third-order valence-corrected chi connectivity index (χ3v) is 4.37. The number of hydrogen-bond acceptors (Lipinski definition) is 4. The van der Waals surface area contributed by atoms with Gasteiger partial charge in [0.25, 0.3) is 11.5 Å². The van der Waals surface area contributed by atoms with Gasteiger partial charge in [-0.3, -0.25) is 14.6 Å². The molecular weight excluding hydrogens is 272 g/mol. The highest BCUT2D eigenvalue weighted by Crippen LogP contribution is 2.23. The zero-order chi connectivity index (χ0) is 15.6. The van der Waals surface area contributed by atoms with Crippen molar-refractivity contribution >= 4 is 5.91 Å². The van der Waals surface area contributed by atoms with E-state index < -0.39 is 11.2 Å². The number of hydrogen-bond donors (Lipinski definition) is 2. The van der Waals surface area contributed by atoms with Crippen LogP contribution in [0.2, 0.25) is 0 Å². The van der Waals surface area contributed by atoms with Crippen molar-refractivity contribution in [2.24, 2.45) is 5.92 Å². The van der Waals surface area contributed by atoms with Crippen molar-refractivity contribution in [1.29, 1.82) is 0 Å². The summed E-state index contributed by atoms with van der Waals surface area (Å²) >= 11 is 0. The van der Waals surface area contributed by atoms with E-state index in [1.54, 1.807) is 4.90 Å². The highest BCUT2D eigenvalue weighted by atomic mass is 16.2. The first-order valence-corrected chi connectivity index (χ1v) is 7.18. The van der Waals surface area contributed by atoms with Gasteiger partial charge in [0.05, 0.1) is 0 Å². The van der Waals surface area contributed by atoms with Crippen molar-refractivity contribution in [3.8, 4) is 0 Å². The number of amides is 1. The third kappa shape index (κ3) is 3.41. The molecule has 1 aromatic rings. The van der Waals surface area contributed by atoms with Gasteiger partial charge in [-0.2, -0.15) is 0 Å². The Bertz CT molecular complexity index is 611. The van der Waals surface area contributed by atoms with Crippen LogP contribution in [0.3, 0.4) is 0 Å². The van der Waals surface area contributed by atoms with Gasteiger partial charge in [-0.1, -0.05) is 0 Å². The number of nitrogens with zero attached hydrogens (tertiary/aromatic N) is 2. The van der Waals surface area contributed by atoms with E-state index in [0.717, 1.165) is 12.8 Å². The predicted molar refractivity (Wildman–Crippen MR) is 79.5 cm³/mol. The average Bonchev–Trinajstić information content (AvgIpc) is 2.46. The van der Waals surface area contributed by atoms with Crippen LogP contribution >= 0.6 is 0 Å². The molecule has 0 unspecified atom stereocenters. The van der Waals surface area contributed by atoms with Crippen LogP contribution in [-0.4, -0.2) is 58.9 Å². The summed E-state index contributed by atoms with van der Waals surface area (Å²) in [4.78, 5) is 43.2. The van der Waals surface area contributed by atoms with Gasteiger partial charge in [0.15, 0.2) is 0 Å². The molecule has 2 N–H and O–H groups in total. The second kappa shape index (κ2) is 6.26. The summed E-state index contributed by atoms with van der Waals surface area (Å²) in [5.74, 6) is 0.237. The molecule has 1 aromatic heterocycles. The zero-order valence-corrected chi connectivity index (χ0v) is 12.7. The first-order chi connectivity index (χ1) is 9.90. The van der Waals surface area contributed by atoms with Gasteiger partial charge in [0, 0.05) is 25.3 Å². The minimum absolute atomic E-state index is 0.00583. The molecule has 1 fully saturated rings. The number of carbonyl (C=O) groups is 1. The Morgan fingerprint density at radius 2 is 1.95 bits per heavy atom. The third-order valence-electron chi connectivity index (χ3n) is 4.37. The van der Waals surface area contributed by atoms with Crippen LogP contribution in [0.4, 0.5) is 0 Å². The Hall–Kier alpha value is -1.89. The molecule has 7 heteroatoms. The molecule has 1 aliphatic heterocycles. The Morgan fingerprint density at radius 1 is 1.33 bits per heavy atom. The number of carbonyl (C=O) groups excluding carboxylic acids is 1. The molecule has 2 heterocycles. The summed E-state index contributed by atoms with van der Waals surface area (Å²) in [6.45, 7) is 3.47. The maximum atomic E-state index is 12.3. The fourth-order valence-corrected chi connectivity index (χ4v) is 2.75. The lowest BCUT2D eigenvalue weighted by molar-refractivity contribution is 0.0639. The smallest absolute Gasteiger partial charge is 0.325 e. The number of nitrogens with one attached hydrogen (secondary N) is 2. The number of aromatic nitrogens is 2. The van der Waals surface area contributed by atoms with Crippen LogP contribution < -0.4 is 11.2 Å². The van der Waals surface area contributed by atoms with E-state index in [1.165, 1.54) is 6.20 Å². The minimum Gasteiger partial charge on any atom is -0.338 e. The maximum Gasteiger partial charge on any atom is 0.325 e. The molecule has 0 aromatic carbocycles. The van der Waals surface area contributed by atoms with E-state index in [4.69, 9.17) is 0 Å². The minimum atomic E-state index is -0.632. The first-order valence-electron chi connectivity index (χ1n) is 7.18. The highest BCUT2D eigenvalue weighted by molar-refractivity contribution is 5.93. The lowest BCUT2D eigenvalue weighted by Gasteiger charge is -2.37. The van der Waals surface area contributed by atoms with E-state index in [-0.39, 0.29) is 11.5 Å². The Labute approximate surface area is 123 Å². The molecule has 1 saturated heterocycles. The van der Waals surface area contributed by atoms with Crippen LogP contribution in [-0.2, 0) is 0 Å². The van der Waals surface area contributed by atoms with E-state index in [1.807, 2.05) is 0 Å². The number of aromatic amines is 2. The molecule has 0 saturated carbocycles. The largest absolute Gasteiger partial charge is 0.338 e. The Morgan fingerprint density at radius 3 is 2.48 bits per heavy atom. The summed E-state index contributed by atoms with van der Waals surface area (Å²) in [6.07, 6.45) is 3.04. The van der Waals surface area contributed by atoms with Crippen molar-refractivity contribution in [3.05, 3.63) is 32.6 Å². The van der Waals surface area contributed by atoms with Gasteiger partial charge >= 0.3 is 5.69 Å². The van der Waals surface area contributed by atoms with Gasteiger partial charge < -0.3 is 14.8 Å². The van der Waals surface area contributed by atoms with Crippen molar-refractivity contribution in [2.45, 2.75) is 25.8 Å². The topological polar surface area (TPSA) is 89.3 Å². The van der Waals surface area contributed by atoms with E-state index >= 15 is 0 Å². The van der Waals surface area contributed by atoms with Gasteiger partial charge in [-0.25, -0.2) is 4.79 Å². The predicted octanol–water partition coefficient (Wildman–Crippen LogP) is -0.134. The lowest BCUT2D eigenvalue weighted by Crippen LogP contribution is -2.45. The summed E-state index contributed by atoms with van der Waals surface area (Å²) in [6, 6.07) is 0.471. The fourth-order valence-electron chi connectivity index (χ4n) is 2.75. The van der Waals surface area contributed by atoms with Crippen LogP contribution in [0, 0.1) is 5.92 Å². The quantitative estimate of drug-likeness (QED) is 0.812. The highest BCUT2D eigenvalue weighted by Gasteiger charge is 2.28. The van der Waals surface area contributed by atoms with Gasteiger partial charge in [0.2, 0.25) is 0 Å². The Balaban J connectivity index is 2.03. The van der Waals surface area contributed by atoms with Crippen LogP contribution in [0.1, 0.15) is 30.1 Å². The molecule has 116 valence electrons. The molecule has 0 bridgehead atoms. The van der Waals surface area contributed by atoms with Crippen molar-refractivity contribution in [1.82, 2.24) is 19.8 Å². The summed E-state index contributed by atoms with van der Waals surface area (Å²) in [5, 5.41) is 0. The van der Waals surface area contributed by atoms with Crippen molar-refractivity contribution in [2.75, 3.05) is 27.2 Å². The average molecular weight is 294 g/mol. The SMILES string of the molecule is C[C@@H](C1CCN(C(=O)c2c[nH]c(=O)[nH]c2=O)CC1)N(C)C.